The molecule has 1 unspecified atom stereocenters. The third-order valence-electron chi connectivity index (χ3n) is 3.41. The second-order valence-corrected chi connectivity index (χ2v) is 5.08. The van der Waals surface area contributed by atoms with Crippen LogP contribution in [0.25, 0.3) is 0 Å². The monoisotopic (exact) mass is 340 g/mol. The molecule has 5 nitrogen and oxygen atoms in total. The Hall–Kier alpha value is -2.61. The lowest BCUT2D eigenvalue weighted by Gasteiger charge is -2.17. The van der Waals surface area contributed by atoms with E-state index in [0.29, 0.717) is 12.1 Å². The quantitative estimate of drug-likeness (QED) is 0.783. The van der Waals surface area contributed by atoms with E-state index in [1.54, 1.807) is 12.1 Å². The fourth-order valence-electron chi connectivity index (χ4n) is 2.14. The van der Waals surface area contributed by atoms with Crippen LogP contribution in [-0.2, 0) is 11.3 Å². The minimum absolute atomic E-state index is 0.0768. The zero-order valence-electron chi connectivity index (χ0n) is 12.5. The van der Waals surface area contributed by atoms with Gasteiger partial charge in [-0.05, 0) is 23.8 Å². The fourth-order valence-corrected chi connectivity index (χ4v) is 2.14. The van der Waals surface area contributed by atoms with Crippen molar-refractivity contribution in [2.24, 2.45) is 0 Å². The number of nitrogens with zero attached hydrogens (tertiary/aromatic N) is 1. The first kappa shape index (κ1) is 17.7. The van der Waals surface area contributed by atoms with Gasteiger partial charge in [-0.2, -0.15) is 0 Å². The molecule has 0 saturated heterocycles. The molecule has 1 aromatic carbocycles. The summed E-state index contributed by atoms with van der Waals surface area (Å²) in [5, 5.41) is 11.7. The first-order valence-electron chi connectivity index (χ1n) is 7.12. The molecule has 0 radical (unpaired) electrons. The molecule has 128 valence electrons. The molecule has 1 atom stereocenters. The third kappa shape index (κ3) is 4.23. The van der Waals surface area contributed by atoms with Crippen molar-refractivity contribution < 1.29 is 23.1 Å². The highest BCUT2D eigenvalue weighted by atomic mass is 19.2. The normalized spacial score (nSPS) is 12.0. The molecule has 0 fully saturated rings. The number of aliphatic hydroxyl groups excluding tert-OH is 1. The number of aromatic nitrogens is 1. The summed E-state index contributed by atoms with van der Waals surface area (Å²) < 4.78 is 40.8. The van der Waals surface area contributed by atoms with Crippen LogP contribution in [0.15, 0.2) is 41.3 Å². The third-order valence-corrected chi connectivity index (χ3v) is 3.41. The van der Waals surface area contributed by atoms with Crippen LogP contribution in [0.2, 0.25) is 0 Å². The number of hydrogen-bond acceptors (Lipinski definition) is 3. The van der Waals surface area contributed by atoms with Crippen LogP contribution in [0.1, 0.15) is 18.0 Å². The fraction of sp³-hybridized carbons (Fsp3) is 0.250. The molecule has 2 N–H and O–H groups in total. The van der Waals surface area contributed by atoms with Crippen molar-refractivity contribution in [3.8, 4) is 0 Å². The summed E-state index contributed by atoms with van der Waals surface area (Å²) in [6.07, 6.45) is 1.44. The van der Waals surface area contributed by atoms with Crippen LogP contribution in [0.3, 0.4) is 0 Å². The average Bonchev–Trinajstić information content (AvgIpc) is 2.56. The highest BCUT2D eigenvalue weighted by Gasteiger charge is 2.18. The van der Waals surface area contributed by atoms with E-state index < -0.39 is 36.0 Å². The molecule has 0 spiro atoms. The molecular formula is C16H15F3N2O3. The van der Waals surface area contributed by atoms with Crippen LogP contribution in [0, 0.1) is 17.5 Å². The Morgan fingerprint density at radius 3 is 2.46 bits per heavy atom. The van der Waals surface area contributed by atoms with Crippen molar-refractivity contribution in [1.82, 2.24) is 9.88 Å². The first-order chi connectivity index (χ1) is 11.4. The van der Waals surface area contributed by atoms with Gasteiger partial charge >= 0.3 is 0 Å². The van der Waals surface area contributed by atoms with E-state index in [9.17, 15) is 27.9 Å². The average molecular weight is 340 g/mol. The van der Waals surface area contributed by atoms with Crippen LogP contribution in [-0.4, -0.2) is 22.2 Å². The predicted octanol–water partition coefficient (Wildman–Crippen LogP) is 1.51. The van der Waals surface area contributed by atoms with Crippen LogP contribution < -0.4 is 10.9 Å². The van der Waals surface area contributed by atoms with Gasteiger partial charge in [-0.25, -0.2) is 13.2 Å². The number of carbonyl (C=O) groups is 1. The summed E-state index contributed by atoms with van der Waals surface area (Å²) in [5.74, 6) is -4.97. The summed E-state index contributed by atoms with van der Waals surface area (Å²) in [7, 11) is 0. The summed E-state index contributed by atoms with van der Waals surface area (Å²) in [4.78, 5) is 23.4. The molecule has 2 rings (SSSR count). The van der Waals surface area contributed by atoms with Gasteiger partial charge in [-0.1, -0.05) is 6.07 Å². The molecular weight excluding hydrogens is 325 g/mol. The number of benzene rings is 1. The smallest absolute Gasteiger partial charge is 0.250 e. The maximum absolute atomic E-state index is 13.2. The molecule has 8 heteroatoms. The summed E-state index contributed by atoms with van der Waals surface area (Å²) >= 11 is 0. The molecule has 0 aliphatic heterocycles. The Bertz CT molecular complexity index is 769. The van der Waals surface area contributed by atoms with E-state index in [1.165, 1.54) is 16.8 Å². The Morgan fingerprint density at radius 2 is 1.88 bits per heavy atom. The number of carbonyl (C=O) groups excluding carboxylic acids is 1. The van der Waals surface area contributed by atoms with Gasteiger partial charge in [0.25, 0.3) is 5.56 Å². The zero-order chi connectivity index (χ0) is 17.7. The molecule has 2 aromatic rings. The highest BCUT2D eigenvalue weighted by Crippen LogP contribution is 2.19. The number of halogens is 3. The first-order valence-corrected chi connectivity index (χ1v) is 7.12. The van der Waals surface area contributed by atoms with Gasteiger partial charge in [0.05, 0.1) is 12.6 Å². The highest BCUT2D eigenvalue weighted by molar-refractivity contribution is 5.76. The van der Waals surface area contributed by atoms with Gasteiger partial charge in [0.15, 0.2) is 17.5 Å². The van der Waals surface area contributed by atoms with Crippen molar-refractivity contribution in [3.63, 3.8) is 0 Å². The SMILES string of the molecule is O=C(CCn1ccccc1=O)NC(CO)c1cc(F)c(F)c(F)c1. The van der Waals surface area contributed by atoms with E-state index in [0.717, 1.165) is 0 Å². The number of nitrogens with one attached hydrogen (secondary N) is 1. The van der Waals surface area contributed by atoms with Gasteiger partial charge in [0.2, 0.25) is 5.91 Å². The topological polar surface area (TPSA) is 71.3 Å². The molecule has 1 aromatic heterocycles. The van der Waals surface area contributed by atoms with E-state index in [-0.39, 0.29) is 24.1 Å². The van der Waals surface area contributed by atoms with E-state index >= 15 is 0 Å². The Kier molecular flexibility index (Phi) is 5.75. The van der Waals surface area contributed by atoms with Crippen LogP contribution in [0.5, 0.6) is 0 Å². The van der Waals surface area contributed by atoms with Crippen LogP contribution >= 0.6 is 0 Å². The molecule has 1 amide bonds. The van der Waals surface area contributed by atoms with Gasteiger partial charge in [0, 0.05) is 25.2 Å². The second-order valence-electron chi connectivity index (χ2n) is 5.08. The maximum Gasteiger partial charge on any atom is 0.250 e. The second kappa shape index (κ2) is 7.78. The van der Waals surface area contributed by atoms with Crippen molar-refractivity contribution in [2.75, 3.05) is 6.61 Å². The molecule has 0 aliphatic rings. The summed E-state index contributed by atoms with van der Waals surface area (Å²) in [5.41, 5.74) is -0.370. The van der Waals surface area contributed by atoms with Crippen LogP contribution in [0.4, 0.5) is 13.2 Å². The van der Waals surface area contributed by atoms with Gasteiger partial charge in [0.1, 0.15) is 0 Å². The van der Waals surface area contributed by atoms with E-state index in [2.05, 4.69) is 5.32 Å². The van der Waals surface area contributed by atoms with Gasteiger partial charge in [-0.15, -0.1) is 0 Å². The number of amides is 1. The molecule has 0 aliphatic carbocycles. The molecule has 1 heterocycles. The van der Waals surface area contributed by atoms with Crippen molar-refractivity contribution in [2.45, 2.75) is 19.0 Å². The Labute approximate surface area is 135 Å². The summed E-state index contributed by atoms with van der Waals surface area (Å²) in [6.45, 7) is -0.517. The Balaban J connectivity index is 2.03. The number of aliphatic hydroxyl groups is 1. The van der Waals surface area contributed by atoms with E-state index in [4.69, 9.17) is 0 Å². The molecule has 0 bridgehead atoms. The molecule has 0 saturated carbocycles. The minimum atomic E-state index is -1.62. The maximum atomic E-state index is 13.2. The van der Waals surface area contributed by atoms with E-state index in [1.807, 2.05) is 0 Å². The Morgan fingerprint density at radius 1 is 1.21 bits per heavy atom. The predicted molar refractivity (Wildman–Crippen MR) is 79.6 cm³/mol. The minimum Gasteiger partial charge on any atom is -0.394 e. The van der Waals surface area contributed by atoms with Gasteiger partial charge in [-0.3, -0.25) is 9.59 Å². The van der Waals surface area contributed by atoms with Crippen molar-refractivity contribution in [1.29, 1.82) is 0 Å². The van der Waals surface area contributed by atoms with Gasteiger partial charge < -0.3 is 15.0 Å². The lowest BCUT2D eigenvalue weighted by Crippen LogP contribution is -2.32. The number of pyridine rings is 1. The zero-order valence-corrected chi connectivity index (χ0v) is 12.5. The lowest BCUT2D eigenvalue weighted by molar-refractivity contribution is -0.122. The van der Waals surface area contributed by atoms with Crippen molar-refractivity contribution >= 4 is 5.91 Å². The standard InChI is InChI=1S/C16H15F3N2O3/c17-11-7-10(8-12(18)16(11)19)13(9-22)20-14(23)4-6-21-5-2-1-3-15(21)24/h1-3,5,7-8,13,22H,4,6,9H2,(H,20,23). The van der Waals surface area contributed by atoms with Crippen molar-refractivity contribution in [3.05, 3.63) is 69.9 Å². The largest absolute Gasteiger partial charge is 0.394 e. The summed E-state index contributed by atoms with van der Waals surface area (Å²) in [6, 6.07) is 4.88. The number of rotatable bonds is 6. The number of hydrogen-bond donors (Lipinski definition) is 2. The number of aryl methyl sites for hydroxylation is 1. The lowest BCUT2D eigenvalue weighted by atomic mass is 10.1. The molecule has 24 heavy (non-hydrogen) atoms.